The van der Waals surface area contributed by atoms with Gasteiger partial charge in [0.15, 0.2) is 0 Å². The molecule has 2 aliphatic rings. The third kappa shape index (κ3) is 5.40. The van der Waals surface area contributed by atoms with E-state index >= 15 is 0 Å². The lowest BCUT2D eigenvalue weighted by Crippen LogP contribution is -2.47. The Hall–Kier alpha value is -0.240. The van der Waals surface area contributed by atoms with Gasteiger partial charge in [-0.05, 0) is 52.4 Å². The monoisotopic (exact) mass is 470 g/mol. The highest BCUT2D eigenvalue weighted by molar-refractivity contribution is 9.10. The molecule has 0 amide bonds. The van der Waals surface area contributed by atoms with Crippen LogP contribution in [0.1, 0.15) is 24.4 Å². The molecule has 1 aromatic carbocycles. The first-order chi connectivity index (χ1) is 11.7. The molecule has 26 heavy (non-hydrogen) atoms. The molecule has 150 valence electrons. The minimum absolute atomic E-state index is 0. The van der Waals surface area contributed by atoms with Gasteiger partial charge < -0.3 is 19.5 Å². The Morgan fingerprint density at radius 2 is 1.62 bits per heavy atom. The molecular weight excluding hydrogens is 443 g/mol. The van der Waals surface area contributed by atoms with Crippen molar-refractivity contribution < 1.29 is 14.2 Å². The number of hydrogen-bond donors (Lipinski definition) is 1. The van der Waals surface area contributed by atoms with Gasteiger partial charge in [-0.2, -0.15) is 0 Å². The van der Waals surface area contributed by atoms with E-state index in [4.69, 9.17) is 14.2 Å². The molecule has 2 saturated heterocycles. The molecule has 1 N–H and O–H groups in total. The Balaban J connectivity index is 0.00000169. The third-order valence-electron chi connectivity index (χ3n) is 5.07. The van der Waals surface area contributed by atoms with Crippen LogP contribution in [0.4, 0.5) is 0 Å². The summed E-state index contributed by atoms with van der Waals surface area (Å²) in [6, 6.07) is 4.70. The average Bonchev–Trinajstić information content (AvgIpc) is 2.65. The van der Waals surface area contributed by atoms with Crippen molar-refractivity contribution in [3.8, 4) is 11.5 Å². The molecule has 8 heteroatoms. The van der Waals surface area contributed by atoms with E-state index in [0.717, 1.165) is 68.2 Å². The SMILES string of the molecule is COc1cc([C@H](C2CCOCC2)N2CCNCC2)cc(OC)c1Br.Cl.Cl. The lowest BCUT2D eigenvalue weighted by Gasteiger charge is -2.41. The summed E-state index contributed by atoms with van der Waals surface area (Å²) >= 11 is 3.58. The molecular formula is C18H29BrCl2N2O3. The van der Waals surface area contributed by atoms with E-state index in [9.17, 15) is 0 Å². The largest absolute Gasteiger partial charge is 0.495 e. The average molecular weight is 472 g/mol. The van der Waals surface area contributed by atoms with Crippen LogP contribution in [-0.2, 0) is 4.74 Å². The molecule has 1 atom stereocenters. The van der Waals surface area contributed by atoms with Crippen LogP contribution in [0.15, 0.2) is 16.6 Å². The van der Waals surface area contributed by atoms with Gasteiger partial charge in [-0.1, -0.05) is 0 Å². The highest BCUT2D eigenvalue weighted by atomic mass is 79.9. The van der Waals surface area contributed by atoms with Crippen molar-refractivity contribution in [2.45, 2.75) is 18.9 Å². The fourth-order valence-electron chi connectivity index (χ4n) is 3.83. The maximum atomic E-state index is 5.59. The summed E-state index contributed by atoms with van der Waals surface area (Å²) in [5.41, 5.74) is 1.28. The van der Waals surface area contributed by atoms with Gasteiger partial charge in [0, 0.05) is 45.4 Å². The number of hydrogen-bond acceptors (Lipinski definition) is 5. The lowest BCUT2D eigenvalue weighted by molar-refractivity contribution is 0.0212. The normalized spacial score (nSPS) is 19.8. The standard InChI is InChI=1S/C18H27BrN2O3.2ClH/c1-22-15-11-14(12-16(23-2)17(15)19)18(13-3-9-24-10-4-13)21-7-5-20-6-8-21;;/h11-13,18,20H,3-10H2,1-2H3;2*1H/t18-;;/m0../s1. The van der Waals surface area contributed by atoms with Crippen LogP contribution in [-0.4, -0.2) is 58.5 Å². The number of methoxy groups -OCH3 is 2. The maximum absolute atomic E-state index is 5.59. The van der Waals surface area contributed by atoms with Crippen molar-refractivity contribution in [2.24, 2.45) is 5.92 Å². The molecule has 0 radical (unpaired) electrons. The van der Waals surface area contributed by atoms with E-state index in [0.29, 0.717) is 12.0 Å². The molecule has 1 aromatic rings. The molecule has 0 unspecified atom stereocenters. The fraction of sp³-hybridized carbons (Fsp3) is 0.667. The third-order valence-corrected chi connectivity index (χ3v) is 5.85. The molecule has 0 aromatic heterocycles. The zero-order valence-corrected chi connectivity index (χ0v) is 18.6. The predicted octanol–water partition coefficient (Wildman–Crippen LogP) is 3.68. The maximum Gasteiger partial charge on any atom is 0.137 e. The number of benzene rings is 1. The molecule has 2 fully saturated rings. The second kappa shape index (κ2) is 11.6. The van der Waals surface area contributed by atoms with E-state index in [1.807, 2.05) is 0 Å². The first-order valence-electron chi connectivity index (χ1n) is 8.68. The first-order valence-corrected chi connectivity index (χ1v) is 9.48. The van der Waals surface area contributed by atoms with Gasteiger partial charge in [-0.25, -0.2) is 0 Å². The van der Waals surface area contributed by atoms with Crippen LogP contribution in [0.25, 0.3) is 0 Å². The van der Waals surface area contributed by atoms with Crippen molar-refractivity contribution in [2.75, 3.05) is 53.6 Å². The van der Waals surface area contributed by atoms with Crippen LogP contribution in [0, 0.1) is 5.92 Å². The highest BCUT2D eigenvalue weighted by Gasteiger charge is 2.32. The van der Waals surface area contributed by atoms with E-state index in [1.165, 1.54) is 5.56 Å². The van der Waals surface area contributed by atoms with Gasteiger partial charge in [-0.15, -0.1) is 24.8 Å². The van der Waals surface area contributed by atoms with Crippen LogP contribution < -0.4 is 14.8 Å². The Kier molecular flexibility index (Phi) is 10.6. The molecule has 3 rings (SSSR count). The number of piperazine rings is 1. The molecule has 0 spiro atoms. The Labute approximate surface area is 177 Å². The van der Waals surface area contributed by atoms with Crippen molar-refractivity contribution in [1.82, 2.24) is 10.2 Å². The van der Waals surface area contributed by atoms with E-state index in [-0.39, 0.29) is 24.8 Å². The topological polar surface area (TPSA) is 43.0 Å². The molecule has 2 heterocycles. The predicted molar refractivity (Wildman–Crippen MR) is 112 cm³/mol. The zero-order valence-electron chi connectivity index (χ0n) is 15.3. The van der Waals surface area contributed by atoms with Crippen molar-refractivity contribution in [3.63, 3.8) is 0 Å². The van der Waals surface area contributed by atoms with Gasteiger partial charge in [0.25, 0.3) is 0 Å². The number of rotatable bonds is 5. The van der Waals surface area contributed by atoms with Gasteiger partial charge in [0.1, 0.15) is 16.0 Å². The minimum atomic E-state index is 0. The molecule has 0 bridgehead atoms. The molecule has 0 saturated carbocycles. The smallest absolute Gasteiger partial charge is 0.137 e. The van der Waals surface area contributed by atoms with Crippen molar-refractivity contribution >= 4 is 40.7 Å². The Morgan fingerprint density at radius 3 is 2.12 bits per heavy atom. The van der Waals surface area contributed by atoms with Gasteiger partial charge in [0.2, 0.25) is 0 Å². The zero-order chi connectivity index (χ0) is 16.9. The Morgan fingerprint density at radius 1 is 1.08 bits per heavy atom. The summed E-state index contributed by atoms with van der Waals surface area (Å²) in [5, 5.41) is 3.45. The number of nitrogens with one attached hydrogen (secondary N) is 1. The van der Waals surface area contributed by atoms with Gasteiger partial charge in [-0.3, -0.25) is 4.90 Å². The second-order valence-electron chi connectivity index (χ2n) is 6.42. The number of halogens is 3. The summed E-state index contributed by atoms with van der Waals surface area (Å²) in [7, 11) is 3.41. The summed E-state index contributed by atoms with van der Waals surface area (Å²) in [5.74, 6) is 2.26. The first kappa shape index (κ1) is 23.8. The van der Waals surface area contributed by atoms with Gasteiger partial charge in [0.05, 0.1) is 14.2 Å². The molecule has 5 nitrogen and oxygen atoms in total. The van der Waals surface area contributed by atoms with Crippen LogP contribution >= 0.6 is 40.7 Å². The lowest BCUT2D eigenvalue weighted by atomic mass is 9.85. The summed E-state index contributed by atoms with van der Waals surface area (Å²) in [6.45, 7) is 5.95. The van der Waals surface area contributed by atoms with E-state index in [2.05, 4.69) is 38.3 Å². The van der Waals surface area contributed by atoms with Crippen molar-refractivity contribution in [3.05, 3.63) is 22.2 Å². The molecule has 0 aliphatic carbocycles. The summed E-state index contributed by atoms with van der Waals surface area (Å²) in [4.78, 5) is 2.61. The van der Waals surface area contributed by atoms with E-state index < -0.39 is 0 Å². The Bertz CT molecular complexity index is 510. The van der Waals surface area contributed by atoms with E-state index in [1.54, 1.807) is 14.2 Å². The fourth-order valence-corrected chi connectivity index (χ4v) is 4.39. The van der Waals surface area contributed by atoms with Gasteiger partial charge >= 0.3 is 0 Å². The second-order valence-corrected chi connectivity index (χ2v) is 7.21. The number of nitrogens with zero attached hydrogens (tertiary/aromatic N) is 1. The van der Waals surface area contributed by atoms with Crippen molar-refractivity contribution in [1.29, 1.82) is 0 Å². The molecule has 2 aliphatic heterocycles. The highest BCUT2D eigenvalue weighted by Crippen LogP contribution is 2.42. The quantitative estimate of drug-likeness (QED) is 0.709. The number of ether oxygens (including phenoxy) is 3. The summed E-state index contributed by atoms with van der Waals surface area (Å²) < 4.78 is 17.6. The van der Waals surface area contributed by atoms with Crippen LogP contribution in [0.3, 0.4) is 0 Å². The summed E-state index contributed by atoms with van der Waals surface area (Å²) in [6.07, 6.45) is 2.21. The minimum Gasteiger partial charge on any atom is -0.495 e. The van der Waals surface area contributed by atoms with Crippen LogP contribution in [0.5, 0.6) is 11.5 Å². The van der Waals surface area contributed by atoms with Crippen LogP contribution in [0.2, 0.25) is 0 Å².